The predicted molar refractivity (Wildman–Crippen MR) is 74.6 cm³/mol. The van der Waals surface area contributed by atoms with Gasteiger partial charge in [0.15, 0.2) is 0 Å². The number of sulfonamides is 1. The van der Waals surface area contributed by atoms with Crippen LogP contribution in [0.5, 0.6) is 0 Å². The Kier molecular flexibility index (Phi) is 4.79. The molecule has 1 heterocycles. The van der Waals surface area contributed by atoms with E-state index in [1.165, 1.54) is 36.3 Å². The van der Waals surface area contributed by atoms with E-state index in [9.17, 15) is 13.2 Å². The molecule has 0 spiro atoms. The Morgan fingerprint density at radius 2 is 2.20 bits per heavy atom. The van der Waals surface area contributed by atoms with Gasteiger partial charge in [-0.05, 0) is 30.9 Å². The maximum absolute atomic E-state index is 12.2. The highest BCUT2D eigenvalue weighted by Crippen LogP contribution is 2.28. The van der Waals surface area contributed by atoms with E-state index in [4.69, 9.17) is 9.84 Å². The van der Waals surface area contributed by atoms with Gasteiger partial charge in [0.1, 0.15) is 9.09 Å². The molecule has 1 aliphatic carbocycles. The van der Waals surface area contributed by atoms with Gasteiger partial charge in [-0.1, -0.05) is 0 Å². The summed E-state index contributed by atoms with van der Waals surface area (Å²) in [7, 11) is -2.16. The highest BCUT2D eigenvalue weighted by atomic mass is 32.2. The van der Waals surface area contributed by atoms with Gasteiger partial charge in [-0.3, -0.25) is 0 Å². The molecule has 20 heavy (non-hydrogen) atoms. The van der Waals surface area contributed by atoms with Crippen molar-refractivity contribution < 1.29 is 23.1 Å². The van der Waals surface area contributed by atoms with Crippen LogP contribution in [0.25, 0.3) is 0 Å². The van der Waals surface area contributed by atoms with E-state index in [1.807, 2.05) is 0 Å². The molecule has 0 atom stereocenters. The molecule has 0 amide bonds. The highest BCUT2D eigenvalue weighted by molar-refractivity contribution is 7.91. The van der Waals surface area contributed by atoms with Gasteiger partial charge >= 0.3 is 5.97 Å². The number of nitrogens with zero attached hydrogens (tertiary/aromatic N) is 1. The topological polar surface area (TPSA) is 83.9 Å². The minimum atomic E-state index is -3.63. The summed E-state index contributed by atoms with van der Waals surface area (Å²) < 4.78 is 31.0. The van der Waals surface area contributed by atoms with E-state index >= 15 is 0 Å². The Bertz CT molecular complexity index is 576. The van der Waals surface area contributed by atoms with Gasteiger partial charge in [0, 0.05) is 20.2 Å². The fourth-order valence-electron chi connectivity index (χ4n) is 1.58. The van der Waals surface area contributed by atoms with Crippen LogP contribution in [0.2, 0.25) is 0 Å². The number of likely N-dealkylation sites (N-methyl/N-ethyl adjacent to an activating group) is 1. The largest absolute Gasteiger partial charge is 0.477 e. The molecule has 1 saturated carbocycles. The van der Waals surface area contributed by atoms with Crippen molar-refractivity contribution in [2.45, 2.75) is 17.1 Å². The number of aromatic carboxylic acids is 1. The third-order valence-electron chi connectivity index (χ3n) is 3.06. The van der Waals surface area contributed by atoms with Crippen LogP contribution in [0, 0.1) is 5.92 Å². The van der Waals surface area contributed by atoms with Gasteiger partial charge in [0.2, 0.25) is 0 Å². The van der Waals surface area contributed by atoms with Crippen LogP contribution in [-0.2, 0) is 14.8 Å². The Hall–Kier alpha value is -0.960. The number of rotatable bonds is 8. The number of ether oxygens (including phenoxy) is 1. The van der Waals surface area contributed by atoms with Crippen LogP contribution in [0.4, 0.5) is 0 Å². The summed E-state index contributed by atoms with van der Waals surface area (Å²) in [6, 6.07) is 2.63. The number of carbonyl (C=O) groups is 1. The smallest absolute Gasteiger partial charge is 0.345 e. The molecule has 1 N–H and O–H groups in total. The molecular formula is C12H17NO5S2. The molecule has 6 nitrogen and oxygen atoms in total. The molecule has 1 aromatic rings. The molecule has 1 aromatic heterocycles. The van der Waals surface area contributed by atoms with E-state index in [0.29, 0.717) is 19.1 Å². The SMILES string of the molecule is CN(CCOCC1CC1)S(=O)(=O)c1ccc(C(=O)O)s1. The highest BCUT2D eigenvalue weighted by Gasteiger charge is 2.25. The van der Waals surface area contributed by atoms with E-state index in [2.05, 4.69) is 0 Å². The fourth-order valence-corrected chi connectivity index (χ4v) is 4.09. The Morgan fingerprint density at radius 3 is 2.75 bits per heavy atom. The average Bonchev–Trinajstić information content (AvgIpc) is 3.06. The lowest BCUT2D eigenvalue weighted by molar-refractivity contribution is 0.0702. The molecule has 2 rings (SSSR count). The lowest BCUT2D eigenvalue weighted by Crippen LogP contribution is -2.30. The summed E-state index contributed by atoms with van der Waals surface area (Å²) in [6.07, 6.45) is 2.39. The van der Waals surface area contributed by atoms with Gasteiger partial charge in [0.05, 0.1) is 6.61 Å². The summed E-state index contributed by atoms with van der Waals surface area (Å²) in [6.45, 7) is 1.30. The van der Waals surface area contributed by atoms with Crippen molar-refractivity contribution in [2.24, 2.45) is 5.92 Å². The van der Waals surface area contributed by atoms with Crippen LogP contribution in [0.1, 0.15) is 22.5 Å². The van der Waals surface area contributed by atoms with Crippen molar-refractivity contribution in [3.8, 4) is 0 Å². The molecule has 1 aliphatic rings. The van der Waals surface area contributed by atoms with Crippen LogP contribution in [0.15, 0.2) is 16.3 Å². The molecule has 0 bridgehead atoms. The molecular weight excluding hydrogens is 302 g/mol. The second kappa shape index (κ2) is 6.21. The van der Waals surface area contributed by atoms with Crippen molar-refractivity contribution in [3.05, 3.63) is 17.0 Å². The van der Waals surface area contributed by atoms with Gasteiger partial charge in [-0.2, -0.15) is 4.31 Å². The number of hydrogen-bond donors (Lipinski definition) is 1. The number of hydrogen-bond acceptors (Lipinski definition) is 5. The first-order valence-electron chi connectivity index (χ1n) is 6.28. The van der Waals surface area contributed by atoms with Crippen LogP contribution < -0.4 is 0 Å². The van der Waals surface area contributed by atoms with Crippen molar-refractivity contribution >= 4 is 27.3 Å². The average molecular weight is 319 g/mol. The molecule has 0 aromatic carbocycles. The predicted octanol–water partition coefficient (Wildman–Crippen LogP) is 1.49. The first kappa shape index (κ1) is 15.4. The molecule has 0 unspecified atom stereocenters. The summed E-state index contributed by atoms with van der Waals surface area (Å²) >= 11 is 0.760. The third-order valence-corrected chi connectivity index (χ3v) is 6.46. The first-order valence-corrected chi connectivity index (χ1v) is 8.54. The zero-order chi connectivity index (χ0) is 14.8. The second-order valence-electron chi connectivity index (χ2n) is 4.77. The Labute approximate surface area is 122 Å². The molecule has 1 fully saturated rings. The maximum atomic E-state index is 12.2. The van der Waals surface area contributed by atoms with Crippen molar-refractivity contribution in [1.29, 1.82) is 0 Å². The molecule has 8 heteroatoms. The van der Waals surface area contributed by atoms with Crippen LogP contribution in [-0.4, -0.2) is 50.6 Å². The fraction of sp³-hybridized carbons (Fsp3) is 0.583. The maximum Gasteiger partial charge on any atom is 0.345 e. The number of carboxylic acids is 1. The number of thiophene rings is 1. The molecule has 0 radical (unpaired) electrons. The van der Waals surface area contributed by atoms with E-state index < -0.39 is 16.0 Å². The standard InChI is InChI=1S/C12H17NO5S2/c1-13(6-7-18-8-9-2-3-9)20(16,17)11-5-4-10(19-11)12(14)15/h4-5,9H,2-3,6-8H2,1H3,(H,14,15). The zero-order valence-electron chi connectivity index (χ0n) is 11.1. The number of carboxylic acid groups (broad SMARTS) is 1. The normalized spacial score (nSPS) is 15.7. The quantitative estimate of drug-likeness (QED) is 0.734. The summed E-state index contributed by atoms with van der Waals surface area (Å²) in [5, 5.41) is 8.82. The van der Waals surface area contributed by atoms with Gasteiger partial charge in [0.25, 0.3) is 10.0 Å². The summed E-state index contributed by atoms with van der Waals surface area (Å²) in [5.41, 5.74) is 0. The third kappa shape index (κ3) is 3.78. The molecule has 112 valence electrons. The minimum Gasteiger partial charge on any atom is -0.477 e. The van der Waals surface area contributed by atoms with E-state index in [0.717, 1.165) is 11.3 Å². The Morgan fingerprint density at radius 1 is 1.50 bits per heavy atom. The minimum absolute atomic E-state index is 0.0157. The van der Waals surface area contributed by atoms with Crippen LogP contribution >= 0.6 is 11.3 Å². The van der Waals surface area contributed by atoms with Gasteiger partial charge in [-0.25, -0.2) is 13.2 Å². The van der Waals surface area contributed by atoms with Crippen molar-refractivity contribution in [3.63, 3.8) is 0 Å². The Balaban J connectivity index is 1.91. The molecule has 0 saturated heterocycles. The monoisotopic (exact) mass is 319 g/mol. The zero-order valence-corrected chi connectivity index (χ0v) is 12.7. The van der Waals surface area contributed by atoms with Crippen molar-refractivity contribution in [1.82, 2.24) is 4.31 Å². The van der Waals surface area contributed by atoms with E-state index in [-0.39, 0.29) is 15.6 Å². The summed E-state index contributed by atoms with van der Waals surface area (Å²) in [4.78, 5) is 10.8. The first-order chi connectivity index (χ1) is 9.41. The van der Waals surface area contributed by atoms with Gasteiger partial charge < -0.3 is 9.84 Å². The van der Waals surface area contributed by atoms with Crippen LogP contribution in [0.3, 0.4) is 0 Å². The summed E-state index contributed by atoms with van der Waals surface area (Å²) in [5.74, 6) is -0.473. The lowest BCUT2D eigenvalue weighted by atomic mass is 10.5. The van der Waals surface area contributed by atoms with Gasteiger partial charge in [-0.15, -0.1) is 11.3 Å². The molecule has 0 aliphatic heterocycles. The van der Waals surface area contributed by atoms with E-state index in [1.54, 1.807) is 0 Å². The van der Waals surface area contributed by atoms with Crippen molar-refractivity contribution in [2.75, 3.05) is 26.8 Å². The lowest BCUT2D eigenvalue weighted by Gasteiger charge is -2.15. The second-order valence-corrected chi connectivity index (χ2v) is 8.12.